The minimum atomic E-state index is -5.85. The van der Waals surface area contributed by atoms with E-state index in [1.54, 1.807) is 0 Å². The molecule has 156 valence electrons. The van der Waals surface area contributed by atoms with Crippen molar-refractivity contribution < 1.29 is 34.9 Å². The number of nitrogens with zero attached hydrogens (tertiary/aromatic N) is 1. The van der Waals surface area contributed by atoms with E-state index in [1.807, 2.05) is 0 Å². The van der Waals surface area contributed by atoms with Crippen molar-refractivity contribution in [2.45, 2.75) is 68.6 Å². The third-order valence-corrected chi connectivity index (χ3v) is 6.89. The standard InChI is InChI=1S/C18H21F4NO4S/c19-15-7-8-16(27-28(24,25)18(20,21)22)14-9-13(10-26-17(14)15)23(11-3-1-4-11)12-5-2-6-12/h7-8,11-13H,1-6,9-10H2. The van der Waals surface area contributed by atoms with Crippen molar-refractivity contribution >= 4 is 10.1 Å². The van der Waals surface area contributed by atoms with Gasteiger partial charge in [-0.25, -0.2) is 4.39 Å². The number of benzene rings is 1. The predicted molar refractivity (Wildman–Crippen MR) is 92.1 cm³/mol. The molecule has 1 aliphatic heterocycles. The molecule has 1 unspecified atom stereocenters. The second-order valence-corrected chi connectivity index (χ2v) is 9.16. The van der Waals surface area contributed by atoms with Gasteiger partial charge in [-0.2, -0.15) is 21.6 Å². The topological polar surface area (TPSA) is 55.8 Å². The van der Waals surface area contributed by atoms with Gasteiger partial charge >= 0.3 is 15.6 Å². The molecule has 28 heavy (non-hydrogen) atoms. The fourth-order valence-electron chi connectivity index (χ4n) is 4.10. The molecule has 5 nitrogen and oxygen atoms in total. The molecule has 1 aromatic carbocycles. The van der Waals surface area contributed by atoms with Gasteiger partial charge < -0.3 is 8.92 Å². The van der Waals surface area contributed by atoms with Gasteiger partial charge in [0.2, 0.25) is 0 Å². The summed E-state index contributed by atoms with van der Waals surface area (Å²) in [6.07, 6.45) is 6.64. The normalized spacial score (nSPS) is 23.5. The Balaban J connectivity index is 1.64. The Bertz CT molecular complexity index is 836. The number of rotatable bonds is 5. The Morgan fingerprint density at radius 1 is 1.04 bits per heavy atom. The summed E-state index contributed by atoms with van der Waals surface area (Å²) < 4.78 is 85.1. The maximum atomic E-state index is 14.2. The van der Waals surface area contributed by atoms with E-state index in [1.165, 1.54) is 0 Å². The first kappa shape index (κ1) is 19.8. The fraction of sp³-hybridized carbons (Fsp3) is 0.667. The number of fused-ring (bicyclic) bond motifs is 1. The Hall–Kier alpha value is -1.55. The molecule has 0 amide bonds. The van der Waals surface area contributed by atoms with E-state index in [0.717, 1.165) is 50.7 Å². The van der Waals surface area contributed by atoms with Gasteiger partial charge in [-0.05, 0) is 44.2 Å². The molecule has 1 heterocycles. The highest BCUT2D eigenvalue weighted by atomic mass is 32.2. The Kier molecular flexibility index (Phi) is 4.97. The fourth-order valence-corrected chi connectivity index (χ4v) is 4.59. The van der Waals surface area contributed by atoms with E-state index in [0.29, 0.717) is 12.1 Å². The van der Waals surface area contributed by atoms with Crippen LogP contribution in [0.1, 0.15) is 44.1 Å². The van der Waals surface area contributed by atoms with Gasteiger partial charge in [-0.15, -0.1) is 0 Å². The van der Waals surface area contributed by atoms with E-state index < -0.39 is 27.2 Å². The zero-order chi connectivity index (χ0) is 20.1. The molecule has 10 heteroatoms. The van der Waals surface area contributed by atoms with Crippen LogP contribution in [0.2, 0.25) is 0 Å². The zero-order valence-corrected chi connectivity index (χ0v) is 15.9. The third kappa shape index (κ3) is 3.45. The van der Waals surface area contributed by atoms with Crippen LogP contribution in [0.15, 0.2) is 12.1 Å². The lowest BCUT2D eigenvalue weighted by molar-refractivity contribution is -0.0501. The van der Waals surface area contributed by atoms with E-state index >= 15 is 0 Å². The van der Waals surface area contributed by atoms with Crippen molar-refractivity contribution in [2.24, 2.45) is 0 Å². The van der Waals surface area contributed by atoms with Crippen LogP contribution < -0.4 is 8.92 Å². The molecular weight excluding hydrogens is 402 g/mol. The second-order valence-electron chi connectivity index (χ2n) is 7.62. The summed E-state index contributed by atoms with van der Waals surface area (Å²) in [7, 11) is -5.85. The van der Waals surface area contributed by atoms with E-state index in [2.05, 4.69) is 9.08 Å². The summed E-state index contributed by atoms with van der Waals surface area (Å²) in [6.45, 7) is 0.215. The highest BCUT2D eigenvalue weighted by molar-refractivity contribution is 7.88. The minimum absolute atomic E-state index is 0.0349. The van der Waals surface area contributed by atoms with Crippen LogP contribution in [0.25, 0.3) is 0 Å². The monoisotopic (exact) mass is 423 g/mol. The lowest BCUT2D eigenvalue weighted by Crippen LogP contribution is -2.57. The predicted octanol–water partition coefficient (Wildman–Crippen LogP) is 3.76. The zero-order valence-electron chi connectivity index (χ0n) is 15.0. The van der Waals surface area contributed by atoms with Crippen LogP contribution in [0, 0.1) is 5.82 Å². The second kappa shape index (κ2) is 7.05. The molecular formula is C18H21F4NO4S. The molecule has 1 atom stereocenters. The van der Waals surface area contributed by atoms with Crippen molar-refractivity contribution in [3.8, 4) is 11.5 Å². The summed E-state index contributed by atoms with van der Waals surface area (Å²) >= 11 is 0. The smallest absolute Gasteiger partial charge is 0.488 e. The van der Waals surface area contributed by atoms with Crippen LogP contribution in [-0.2, 0) is 16.5 Å². The lowest BCUT2D eigenvalue weighted by Gasteiger charge is -2.50. The largest absolute Gasteiger partial charge is 0.534 e. The Morgan fingerprint density at radius 3 is 2.14 bits per heavy atom. The van der Waals surface area contributed by atoms with Gasteiger partial charge in [0.1, 0.15) is 12.4 Å². The van der Waals surface area contributed by atoms with Crippen molar-refractivity contribution in [1.29, 1.82) is 0 Å². The van der Waals surface area contributed by atoms with Crippen molar-refractivity contribution in [1.82, 2.24) is 4.90 Å². The highest BCUT2D eigenvalue weighted by Gasteiger charge is 2.49. The molecule has 0 N–H and O–H groups in total. The summed E-state index contributed by atoms with van der Waals surface area (Å²) in [4.78, 5) is 2.35. The number of halogens is 4. The van der Waals surface area contributed by atoms with E-state index in [4.69, 9.17) is 4.74 Å². The minimum Gasteiger partial charge on any atom is -0.488 e. The number of ether oxygens (including phenoxy) is 1. The molecule has 0 aromatic heterocycles. The van der Waals surface area contributed by atoms with Crippen molar-refractivity contribution in [3.05, 3.63) is 23.5 Å². The molecule has 2 aliphatic carbocycles. The molecule has 3 aliphatic rings. The summed E-state index contributed by atoms with van der Waals surface area (Å²) in [5, 5.41) is 0. The molecule has 4 rings (SSSR count). The first-order valence-corrected chi connectivity index (χ1v) is 10.8. The number of hydrogen-bond acceptors (Lipinski definition) is 5. The van der Waals surface area contributed by atoms with Gasteiger partial charge in [-0.3, -0.25) is 4.90 Å². The maximum Gasteiger partial charge on any atom is 0.534 e. The molecule has 2 saturated carbocycles. The van der Waals surface area contributed by atoms with Crippen molar-refractivity contribution in [3.63, 3.8) is 0 Å². The van der Waals surface area contributed by atoms with Gasteiger partial charge in [0.15, 0.2) is 11.6 Å². The maximum absolute atomic E-state index is 14.2. The SMILES string of the molecule is O=S(=O)(Oc1ccc(F)c2c1CC(N(C1CCC1)C1CCC1)CO2)C(F)(F)F. The van der Waals surface area contributed by atoms with Gasteiger partial charge in [0, 0.05) is 23.7 Å². The number of hydrogen-bond donors (Lipinski definition) is 0. The first-order chi connectivity index (χ1) is 13.2. The summed E-state index contributed by atoms with van der Waals surface area (Å²) in [5.74, 6) is -1.50. The van der Waals surface area contributed by atoms with Crippen LogP contribution >= 0.6 is 0 Å². The molecule has 0 bridgehead atoms. The molecule has 1 aromatic rings. The number of alkyl halides is 3. The molecule has 0 radical (unpaired) electrons. The van der Waals surface area contributed by atoms with Crippen LogP contribution in [-0.4, -0.2) is 43.6 Å². The van der Waals surface area contributed by atoms with Crippen LogP contribution in [0.4, 0.5) is 17.6 Å². The lowest BCUT2D eigenvalue weighted by atomic mass is 9.82. The van der Waals surface area contributed by atoms with Gasteiger partial charge in [0.05, 0.1) is 0 Å². The van der Waals surface area contributed by atoms with Crippen LogP contribution in [0.5, 0.6) is 11.5 Å². The molecule has 2 fully saturated rings. The van der Waals surface area contributed by atoms with Gasteiger partial charge in [0.25, 0.3) is 0 Å². The Morgan fingerprint density at radius 2 is 1.64 bits per heavy atom. The van der Waals surface area contributed by atoms with Gasteiger partial charge in [-0.1, -0.05) is 12.8 Å². The van der Waals surface area contributed by atoms with E-state index in [9.17, 15) is 26.0 Å². The molecule has 0 spiro atoms. The van der Waals surface area contributed by atoms with Crippen LogP contribution in [0.3, 0.4) is 0 Å². The molecule has 0 saturated heterocycles. The summed E-state index contributed by atoms with van der Waals surface area (Å²) in [6, 6.07) is 2.39. The quantitative estimate of drug-likeness (QED) is 0.410. The first-order valence-electron chi connectivity index (χ1n) is 9.40. The van der Waals surface area contributed by atoms with Crippen molar-refractivity contribution in [2.75, 3.05) is 6.61 Å². The Labute approximate surface area is 160 Å². The average Bonchev–Trinajstić information content (AvgIpc) is 2.52. The van der Waals surface area contributed by atoms with E-state index in [-0.39, 0.29) is 30.4 Å². The average molecular weight is 423 g/mol. The third-order valence-electron chi connectivity index (χ3n) is 5.93. The highest BCUT2D eigenvalue weighted by Crippen LogP contribution is 2.42. The summed E-state index contributed by atoms with van der Waals surface area (Å²) in [5.41, 5.74) is -5.53.